The molecule has 4 aliphatic rings. The molecule has 180 valence electrons. The highest BCUT2D eigenvalue weighted by Crippen LogP contribution is 2.51. The molecule has 1 aromatic carbocycles. The fourth-order valence-electron chi connectivity index (χ4n) is 5.61. The van der Waals surface area contributed by atoms with Gasteiger partial charge in [0.25, 0.3) is 0 Å². The summed E-state index contributed by atoms with van der Waals surface area (Å²) in [4.78, 5) is 51.1. The summed E-state index contributed by atoms with van der Waals surface area (Å²) in [5.41, 5.74) is 2.26. The number of nitrogens with one attached hydrogen (secondary N) is 1. The van der Waals surface area contributed by atoms with Gasteiger partial charge in [0.2, 0.25) is 17.6 Å². The maximum atomic E-state index is 13.1. The second-order valence-electron chi connectivity index (χ2n) is 8.92. The van der Waals surface area contributed by atoms with Gasteiger partial charge in [-0.15, -0.1) is 0 Å². The van der Waals surface area contributed by atoms with E-state index in [0.29, 0.717) is 23.1 Å². The minimum Gasteiger partial charge on any atom is -0.502 e. The minimum atomic E-state index is -0.575. The average Bonchev–Trinajstić information content (AvgIpc) is 3.14. The topological polar surface area (TPSA) is 119 Å². The number of hydrogen-bond donors (Lipinski definition) is 2. The van der Waals surface area contributed by atoms with Crippen molar-refractivity contribution in [2.24, 2.45) is 23.7 Å². The van der Waals surface area contributed by atoms with Gasteiger partial charge in [0.05, 0.1) is 30.5 Å². The SMILES string of the molecule is COc1cc(C=C[C@H]2C3=CC[C@@H]4C(=O)NC(=O)[C@@H]4[C@@H]3CC3=C2C(=O)C=C(Br)C3=O)cc(OC)c1O. The number of hydrogen-bond acceptors (Lipinski definition) is 7. The van der Waals surface area contributed by atoms with E-state index in [2.05, 4.69) is 21.2 Å². The number of fused-ring (bicyclic) bond motifs is 3. The number of phenols is 1. The second-order valence-corrected chi connectivity index (χ2v) is 9.78. The number of methoxy groups -OCH3 is 2. The average molecular weight is 540 g/mol. The molecule has 0 spiro atoms. The third-order valence-corrected chi connectivity index (χ3v) is 7.79. The molecule has 2 amide bonds. The van der Waals surface area contributed by atoms with Gasteiger partial charge in [-0.25, -0.2) is 0 Å². The number of halogens is 1. The number of phenolic OH excluding ortho intramolecular Hbond substituents is 1. The molecular weight excluding hydrogens is 518 g/mol. The number of carbonyl (C=O) groups is 4. The van der Waals surface area contributed by atoms with E-state index in [1.807, 2.05) is 12.2 Å². The number of carbonyl (C=O) groups excluding carboxylic acids is 4. The lowest BCUT2D eigenvalue weighted by molar-refractivity contribution is -0.126. The van der Waals surface area contributed by atoms with Crippen molar-refractivity contribution >= 4 is 45.4 Å². The van der Waals surface area contributed by atoms with Gasteiger partial charge in [-0.05, 0) is 52.4 Å². The molecule has 4 atom stereocenters. The Kier molecular flexibility index (Phi) is 5.75. The fourth-order valence-corrected chi connectivity index (χ4v) is 6.06. The summed E-state index contributed by atoms with van der Waals surface area (Å²) < 4.78 is 10.6. The van der Waals surface area contributed by atoms with Crippen molar-refractivity contribution in [1.82, 2.24) is 5.32 Å². The van der Waals surface area contributed by atoms with Gasteiger partial charge in [0.15, 0.2) is 23.1 Å². The van der Waals surface area contributed by atoms with Crippen LogP contribution in [0, 0.1) is 23.7 Å². The Morgan fingerprint density at radius 3 is 2.40 bits per heavy atom. The predicted octanol–water partition coefficient (Wildman–Crippen LogP) is 3.00. The van der Waals surface area contributed by atoms with Crippen LogP contribution in [0.5, 0.6) is 17.2 Å². The Bertz CT molecular complexity index is 1290. The molecule has 5 rings (SSSR count). The highest BCUT2D eigenvalue weighted by molar-refractivity contribution is 9.12. The number of ketones is 2. The van der Waals surface area contributed by atoms with Gasteiger partial charge >= 0.3 is 0 Å². The smallest absolute Gasteiger partial charge is 0.231 e. The Hall–Kier alpha value is -3.46. The molecule has 1 heterocycles. The first-order valence-corrected chi connectivity index (χ1v) is 11.9. The molecule has 9 heteroatoms. The first-order valence-electron chi connectivity index (χ1n) is 11.1. The zero-order valence-electron chi connectivity index (χ0n) is 19.0. The zero-order valence-corrected chi connectivity index (χ0v) is 20.5. The van der Waals surface area contributed by atoms with E-state index in [-0.39, 0.29) is 57.5 Å². The van der Waals surface area contributed by atoms with Crippen LogP contribution in [0.4, 0.5) is 0 Å². The molecule has 0 aromatic heterocycles. The van der Waals surface area contributed by atoms with Crippen LogP contribution >= 0.6 is 15.9 Å². The van der Waals surface area contributed by atoms with Gasteiger partial charge in [-0.1, -0.05) is 23.8 Å². The molecule has 3 aliphatic carbocycles. The summed E-state index contributed by atoms with van der Waals surface area (Å²) >= 11 is 3.20. The lowest BCUT2D eigenvalue weighted by Gasteiger charge is -2.41. The van der Waals surface area contributed by atoms with Crippen LogP contribution in [-0.4, -0.2) is 42.7 Å². The van der Waals surface area contributed by atoms with Crippen molar-refractivity contribution in [2.45, 2.75) is 12.8 Å². The minimum absolute atomic E-state index is 0.129. The van der Waals surface area contributed by atoms with Crippen LogP contribution in [0.15, 0.2) is 51.6 Å². The summed E-state index contributed by atoms with van der Waals surface area (Å²) in [6.07, 6.45) is 7.41. The van der Waals surface area contributed by atoms with Gasteiger partial charge in [-0.3, -0.25) is 24.5 Å². The summed E-state index contributed by atoms with van der Waals surface area (Å²) in [6.45, 7) is 0. The molecule has 2 N–H and O–H groups in total. The molecular formula is C26H22BrNO7. The number of imide groups is 1. The second kappa shape index (κ2) is 8.64. The van der Waals surface area contributed by atoms with Crippen molar-refractivity contribution < 1.29 is 33.8 Å². The standard InChI is InChI=1S/C26H22BrNO7/c1-34-19-7-11(8-20(35-2)24(19)31)3-4-13-12-5-6-14-22(26(33)28-25(14)32)15(12)9-16-21(13)18(29)10-17(27)23(16)30/h3-5,7-8,10,13-15,22,31H,6,9H2,1-2H3,(H,28,32,33)/t13-,14-,15+,22-/m0/s1. The molecule has 8 nitrogen and oxygen atoms in total. The molecule has 1 saturated heterocycles. The van der Waals surface area contributed by atoms with Gasteiger partial charge < -0.3 is 14.6 Å². The van der Waals surface area contributed by atoms with Crippen molar-refractivity contribution in [1.29, 1.82) is 0 Å². The highest BCUT2D eigenvalue weighted by Gasteiger charge is 2.52. The quantitative estimate of drug-likeness (QED) is 0.343. The highest BCUT2D eigenvalue weighted by atomic mass is 79.9. The first kappa shape index (κ1) is 23.3. The van der Waals surface area contributed by atoms with Crippen molar-refractivity contribution in [2.75, 3.05) is 14.2 Å². The first-order chi connectivity index (χ1) is 16.7. The summed E-state index contributed by atoms with van der Waals surface area (Å²) in [5, 5.41) is 12.6. The van der Waals surface area contributed by atoms with E-state index in [0.717, 1.165) is 5.57 Å². The lowest BCUT2D eigenvalue weighted by Crippen LogP contribution is -2.39. The van der Waals surface area contributed by atoms with Crippen molar-refractivity contribution in [3.05, 3.63) is 57.1 Å². The maximum Gasteiger partial charge on any atom is 0.231 e. The van der Waals surface area contributed by atoms with E-state index in [1.165, 1.54) is 20.3 Å². The largest absolute Gasteiger partial charge is 0.502 e. The Balaban J connectivity index is 1.62. The molecule has 0 bridgehead atoms. The molecule has 0 radical (unpaired) electrons. The molecule has 35 heavy (non-hydrogen) atoms. The van der Waals surface area contributed by atoms with Crippen LogP contribution in [0.25, 0.3) is 6.08 Å². The molecule has 0 saturated carbocycles. The van der Waals surface area contributed by atoms with E-state index in [9.17, 15) is 24.3 Å². The van der Waals surface area contributed by atoms with Crippen molar-refractivity contribution in [3.63, 3.8) is 0 Å². The van der Waals surface area contributed by atoms with Crippen molar-refractivity contribution in [3.8, 4) is 17.2 Å². The van der Waals surface area contributed by atoms with Crippen LogP contribution in [0.3, 0.4) is 0 Å². The number of ether oxygens (including phenoxy) is 2. The van der Waals surface area contributed by atoms with Crippen LogP contribution in [0.1, 0.15) is 18.4 Å². The van der Waals surface area contributed by atoms with Crippen LogP contribution in [-0.2, 0) is 19.2 Å². The predicted molar refractivity (Wildman–Crippen MR) is 129 cm³/mol. The number of aromatic hydroxyl groups is 1. The van der Waals surface area contributed by atoms with Gasteiger partial charge in [0.1, 0.15) is 0 Å². The third-order valence-electron chi connectivity index (χ3n) is 7.21. The molecule has 1 fully saturated rings. The fraction of sp³-hybridized carbons (Fsp3) is 0.308. The maximum absolute atomic E-state index is 13.1. The van der Waals surface area contributed by atoms with E-state index >= 15 is 0 Å². The Labute approximate surface area is 209 Å². The lowest BCUT2D eigenvalue weighted by atomic mass is 9.61. The van der Waals surface area contributed by atoms with Crippen LogP contribution in [0.2, 0.25) is 0 Å². The zero-order chi connectivity index (χ0) is 25.0. The summed E-state index contributed by atoms with van der Waals surface area (Å²) in [5.74, 6) is -2.82. The number of benzene rings is 1. The van der Waals surface area contributed by atoms with E-state index in [4.69, 9.17) is 9.47 Å². The molecule has 0 unspecified atom stereocenters. The number of allylic oxidation sites excluding steroid dienone is 7. The Morgan fingerprint density at radius 1 is 1.06 bits per heavy atom. The monoisotopic (exact) mass is 539 g/mol. The van der Waals surface area contributed by atoms with E-state index < -0.39 is 17.8 Å². The van der Waals surface area contributed by atoms with Gasteiger partial charge in [-0.2, -0.15) is 0 Å². The Morgan fingerprint density at radius 2 is 1.74 bits per heavy atom. The summed E-state index contributed by atoms with van der Waals surface area (Å²) in [7, 11) is 2.86. The number of rotatable bonds is 4. The molecule has 1 aromatic rings. The summed E-state index contributed by atoms with van der Waals surface area (Å²) in [6, 6.07) is 3.26. The normalized spacial score (nSPS) is 27.7. The number of Topliss-reactive ketones (excluding diaryl/α,β-unsaturated/α-hetero) is 1. The van der Waals surface area contributed by atoms with Crippen LogP contribution < -0.4 is 14.8 Å². The third kappa shape index (κ3) is 3.65. The van der Waals surface area contributed by atoms with E-state index in [1.54, 1.807) is 18.2 Å². The molecule has 1 aliphatic heterocycles. The number of amides is 2. The van der Waals surface area contributed by atoms with Gasteiger partial charge in [0, 0.05) is 23.1 Å².